The monoisotopic (exact) mass is 216 g/mol. The van der Waals surface area contributed by atoms with Crippen molar-refractivity contribution in [3.8, 4) is 0 Å². The molecule has 0 bridgehead atoms. The normalized spacial score (nSPS) is 10.8. The predicted molar refractivity (Wildman–Crippen MR) is 58.5 cm³/mol. The van der Waals surface area contributed by atoms with Gasteiger partial charge in [-0.05, 0) is 26.2 Å². The highest BCUT2D eigenvalue weighted by molar-refractivity contribution is 7.99. The third-order valence-electron chi connectivity index (χ3n) is 1.49. The Labute approximate surface area is 88.3 Å². The SMILES string of the molecule is CN(C)CCSc1ccc(Cl)cn1. The first-order valence-electron chi connectivity index (χ1n) is 4.07. The maximum absolute atomic E-state index is 5.72. The molecule has 0 aliphatic carbocycles. The third kappa shape index (κ3) is 4.50. The van der Waals surface area contributed by atoms with Crippen molar-refractivity contribution in [3.63, 3.8) is 0 Å². The molecule has 0 aliphatic heterocycles. The molecule has 2 nitrogen and oxygen atoms in total. The fourth-order valence-electron chi connectivity index (χ4n) is 0.780. The van der Waals surface area contributed by atoms with Crippen molar-refractivity contribution in [2.75, 3.05) is 26.4 Å². The van der Waals surface area contributed by atoms with E-state index >= 15 is 0 Å². The van der Waals surface area contributed by atoms with Gasteiger partial charge in [-0.25, -0.2) is 4.98 Å². The number of thioether (sulfide) groups is 1. The van der Waals surface area contributed by atoms with Gasteiger partial charge in [0.1, 0.15) is 0 Å². The van der Waals surface area contributed by atoms with Gasteiger partial charge in [-0.3, -0.25) is 0 Å². The lowest BCUT2D eigenvalue weighted by Gasteiger charge is -2.07. The summed E-state index contributed by atoms with van der Waals surface area (Å²) >= 11 is 7.46. The zero-order valence-electron chi connectivity index (χ0n) is 7.83. The van der Waals surface area contributed by atoms with Crippen LogP contribution >= 0.6 is 23.4 Å². The molecule has 1 rings (SSSR count). The second kappa shape index (κ2) is 5.47. The Morgan fingerprint density at radius 1 is 1.46 bits per heavy atom. The molecule has 0 saturated carbocycles. The molecular weight excluding hydrogens is 204 g/mol. The summed E-state index contributed by atoms with van der Waals surface area (Å²) in [7, 11) is 4.13. The molecule has 0 fully saturated rings. The standard InChI is InChI=1S/C9H13ClN2S/c1-12(2)5-6-13-9-4-3-8(10)7-11-9/h3-4,7H,5-6H2,1-2H3. The van der Waals surface area contributed by atoms with Crippen LogP contribution in [0.2, 0.25) is 5.02 Å². The lowest BCUT2D eigenvalue weighted by Crippen LogP contribution is -2.14. The number of aromatic nitrogens is 1. The Morgan fingerprint density at radius 3 is 2.77 bits per heavy atom. The van der Waals surface area contributed by atoms with Gasteiger partial charge in [0.2, 0.25) is 0 Å². The highest BCUT2D eigenvalue weighted by atomic mass is 35.5. The van der Waals surface area contributed by atoms with E-state index in [1.807, 2.05) is 12.1 Å². The molecule has 0 saturated heterocycles. The Balaban J connectivity index is 2.33. The summed E-state index contributed by atoms with van der Waals surface area (Å²) in [6.45, 7) is 1.06. The van der Waals surface area contributed by atoms with Crippen molar-refractivity contribution in [1.82, 2.24) is 9.88 Å². The summed E-state index contributed by atoms with van der Waals surface area (Å²) in [5.74, 6) is 1.06. The molecule has 0 N–H and O–H groups in total. The first-order chi connectivity index (χ1) is 6.18. The number of halogens is 1. The summed E-state index contributed by atoms with van der Waals surface area (Å²) in [6.07, 6.45) is 1.68. The average molecular weight is 217 g/mol. The lowest BCUT2D eigenvalue weighted by molar-refractivity contribution is 0.437. The molecule has 0 unspecified atom stereocenters. The molecule has 1 aromatic rings. The quantitative estimate of drug-likeness (QED) is 0.720. The van der Waals surface area contributed by atoms with E-state index in [-0.39, 0.29) is 0 Å². The van der Waals surface area contributed by atoms with Crippen molar-refractivity contribution in [2.24, 2.45) is 0 Å². The van der Waals surface area contributed by atoms with E-state index in [1.54, 1.807) is 18.0 Å². The minimum absolute atomic E-state index is 0.692. The smallest absolute Gasteiger partial charge is 0.0961 e. The van der Waals surface area contributed by atoms with Crippen LogP contribution in [0.5, 0.6) is 0 Å². The Kier molecular flexibility index (Phi) is 4.56. The zero-order chi connectivity index (χ0) is 9.68. The van der Waals surface area contributed by atoms with E-state index in [2.05, 4.69) is 24.0 Å². The summed E-state index contributed by atoms with van der Waals surface area (Å²) in [5, 5.41) is 1.73. The van der Waals surface area contributed by atoms with Gasteiger partial charge in [0.05, 0.1) is 10.0 Å². The van der Waals surface area contributed by atoms with Crippen LogP contribution in [0.3, 0.4) is 0 Å². The zero-order valence-corrected chi connectivity index (χ0v) is 9.40. The fourth-order valence-corrected chi connectivity index (χ4v) is 1.85. The number of pyridine rings is 1. The van der Waals surface area contributed by atoms with E-state index in [0.717, 1.165) is 17.3 Å². The Bertz CT molecular complexity index is 248. The maximum Gasteiger partial charge on any atom is 0.0961 e. The maximum atomic E-state index is 5.72. The largest absolute Gasteiger partial charge is 0.309 e. The number of rotatable bonds is 4. The minimum Gasteiger partial charge on any atom is -0.309 e. The van der Waals surface area contributed by atoms with Gasteiger partial charge >= 0.3 is 0 Å². The summed E-state index contributed by atoms with van der Waals surface area (Å²) < 4.78 is 0. The molecule has 1 aromatic heterocycles. The van der Waals surface area contributed by atoms with Gasteiger partial charge in [-0.15, -0.1) is 11.8 Å². The topological polar surface area (TPSA) is 16.1 Å². The van der Waals surface area contributed by atoms with Gasteiger partial charge < -0.3 is 4.90 Å². The Hall–Kier alpha value is -0.250. The van der Waals surface area contributed by atoms with Crippen LogP contribution in [-0.4, -0.2) is 36.3 Å². The highest BCUT2D eigenvalue weighted by Crippen LogP contribution is 2.16. The van der Waals surface area contributed by atoms with E-state index in [4.69, 9.17) is 11.6 Å². The third-order valence-corrected chi connectivity index (χ3v) is 2.64. The molecule has 1 heterocycles. The molecule has 0 spiro atoms. The molecule has 0 atom stereocenters. The van der Waals surface area contributed by atoms with Gasteiger partial charge in [-0.2, -0.15) is 0 Å². The van der Waals surface area contributed by atoms with Gasteiger partial charge in [0.25, 0.3) is 0 Å². The first kappa shape index (κ1) is 10.8. The molecule has 0 amide bonds. The molecule has 0 aromatic carbocycles. The first-order valence-corrected chi connectivity index (χ1v) is 5.44. The predicted octanol–water partition coefficient (Wildman–Crippen LogP) is 2.39. The highest BCUT2D eigenvalue weighted by Gasteiger charge is 1.96. The minimum atomic E-state index is 0.692. The van der Waals surface area contributed by atoms with Gasteiger partial charge in [0.15, 0.2) is 0 Å². The van der Waals surface area contributed by atoms with Crippen LogP contribution in [0, 0.1) is 0 Å². The van der Waals surface area contributed by atoms with E-state index in [1.165, 1.54) is 0 Å². The number of hydrogen-bond donors (Lipinski definition) is 0. The molecule has 4 heteroatoms. The van der Waals surface area contributed by atoms with Crippen LogP contribution in [0.4, 0.5) is 0 Å². The summed E-state index contributed by atoms with van der Waals surface area (Å²) in [6, 6.07) is 3.81. The van der Waals surface area contributed by atoms with E-state index < -0.39 is 0 Å². The van der Waals surface area contributed by atoms with Crippen LogP contribution in [-0.2, 0) is 0 Å². The molecular formula is C9H13ClN2S. The van der Waals surface area contributed by atoms with Crippen molar-refractivity contribution < 1.29 is 0 Å². The van der Waals surface area contributed by atoms with Crippen LogP contribution in [0.25, 0.3) is 0 Å². The Morgan fingerprint density at radius 2 is 2.23 bits per heavy atom. The molecule has 72 valence electrons. The second-order valence-corrected chi connectivity index (χ2v) is 4.52. The molecule has 13 heavy (non-hydrogen) atoms. The molecule has 0 aliphatic rings. The number of hydrogen-bond acceptors (Lipinski definition) is 3. The van der Waals surface area contributed by atoms with E-state index in [0.29, 0.717) is 5.02 Å². The van der Waals surface area contributed by atoms with Gasteiger partial charge in [-0.1, -0.05) is 11.6 Å². The van der Waals surface area contributed by atoms with E-state index in [9.17, 15) is 0 Å². The van der Waals surface area contributed by atoms with Crippen LogP contribution < -0.4 is 0 Å². The van der Waals surface area contributed by atoms with Crippen molar-refractivity contribution in [1.29, 1.82) is 0 Å². The van der Waals surface area contributed by atoms with Crippen molar-refractivity contribution in [2.45, 2.75) is 5.03 Å². The second-order valence-electron chi connectivity index (χ2n) is 2.97. The van der Waals surface area contributed by atoms with Crippen LogP contribution in [0.1, 0.15) is 0 Å². The molecule has 0 radical (unpaired) electrons. The van der Waals surface area contributed by atoms with Crippen molar-refractivity contribution >= 4 is 23.4 Å². The summed E-state index contributed by atoms with van der Waals surface area (Å²) in [4.78, 5) is 6.34. The van der Waals surface area contributed by atoms with Gasteiger partial charge in [0, 0.05) is 18.5 Å². The number of nitrogens with zero attached hydrogens (tertiary/aromatic N) is 2. The average Bonchev–Trinajstić information content (AvgIpc) is 2.08. The van der Waals surface area contributed by atoms with Crippen molar-refractivity contribution in [3.05, 3.63) is 23.4 Å². The summed E-state index contributed by atoms with van der Waals surface area (Å²) in [5.41, 5.74) is 0. The fraction of sp³-hybridized carbons (Fsp3) is 0.444. The lowest BCUT2D eigenvalue weighted by atomic mass is 10.5. The van der Waals surface area contributed by atoms with Crippen LogP contribution in [0.15, 0.2) is 23.4 Å².